The highest BCUT2D eigenvalue weighted by Gasteiger charge is 2.33. The molecule has 1 saturated carbocycles. The zero-order chi connectivity index (χ0) is 13.1. The van der Waals surface area contributed by atoms with Gasteiger partial charge in [-0.25, -0.2) is 0 Å². The molecule has 1 aromatic heterocycles. The van der Waals surface area contributed by atoms with Crippen molar-refractivity contribution in [1.29, 1.82) is 0 Å². The SMILES string of the molecule is C=CCN(C(=O)c1cccn1CC(=O)O)C1CC1. The van der Waals surface area contributed by atoms with E-state index in [1.807, 2.05) is 0 Å². The molecule has 0 aromatic carbocycles. The van der Waals surface area contributed by atoms with Gasteiger partial charge in [0.05, 0.1) is 0 Å². The first-order valence-corrected chi connectivity index (χ1v) is 5.92. The Balaban J connectivity index is 2.18. The molecule has 1 aliphatic carbocycles. The van der Waals surface area contributed by atoms with Gasteiger partial charge in [0.2, 0.25) is 0 Å². The van der Waals surface area contributed by atoms with E-state index >= 15 is 0 Å². The Labute approximate surface area is 105 Å². The van der Waals surface area contributed by atoms with Crippen LogP contribution in [-0.2, 0) is 11.3 Å². The summed E-state index contributed by atoms with van der Waals surface area (Å²) in [6.45, 7) is 3.96. The molecule has 1 aliphatic rings. The van der Waals surface area contributed by atoms with Crippen molar-refractivity contribution < 1.29 is 14.7 Å². The van der Waals surface area contributed by atoms with Crippen LogP contribution in [0.3, 0.4) is 0 Å². The van der Waals surface area contributed by atoms with Gasteiger partial charge in [0.15, 0.2) is 0 Å². The van der Waals surface area contributed by atoms with E-state index in [1.54, 1.807) is 29.3 Å². The summed E-state index contributed by atoms with van der Waals surface area (Å²) in [6, 6.07) is 3.63. The van der Waals surface area contributed by atoms with E-state index in [0.29, 0.717) is 12.2 Å². The van der Waals surface area contributed by atoms with Gasteiger partial charge < -0.3 is 14.6 Å². The number of hydrogen-bond acceptors (Lipinski definition) is 2. The van der Waals surface area contributed by atoms with Gasteiger partial charge in [-0.3, -0.25) is 9.59 Å². The number of hydrogen-bond donors (Lipinski definition) is 1. The highest BCUT2D eigenvalue weighted by molar-refractivity contribution is 5.93. The van der Waals surface area contributed by atoms with Gasteiger partial charge in [0.1, 0.15) is 12.2 Å². The molecule has 0 unspecified atom stereocenters. The van der Waals surface area contributed by atoms with E-state index in [-0.39, 0.29) is 18.5 Å². The molecule has 1 fully saturated rings. The smallest absolute Gasteiger partial charge is 0.323 e. The van der Waals surface area contributed by atoms with E-state index in [2.05, 4.69) is 6.58 Å². The Morgan fingerprint density at radius 1 is 1.56 bits per heavy atom. The summed E-state index contributed by atoms with van der Waals surface area (Å²) in [6.07, 6.45) is 5.33. The molecule has 1 N–H and O–H groups in total. The first-order valence-electron chi connectivity index (χ1n) is 5.92. The number of carboxylic acids is 1. The largest absolute Gasteiger partial charge is 0.480 e. The summed E-state index contributed by atoms with van der Waals surface area (Å²) in [5.41, 5.74) is 0.422. The quantitative estimate of drug-likeness (QED) is 0.773. The maximum atomic E-state index is 12.3. The second kappa shape index (κ2) is 5.08. The molecule has 0 atom stereocenters. The van der Waals surface area contributed by atoms with Crippen LogP contribution in [0.15, 0.2) is 31.0 Å². The lowest BCUT2D eigenvalue weighted by Gasteiger charge is -2.21. The van der Waals surface area contributed by atoms with E-state index in [4.69, 9.17) is 5.11 Å². The lowest BCUT2D eigenvalue weighted by atomic mass is 10.3. The zero-order valence-corrected chi connectivity index (χ0v) is 10.1. The summed E-state index contributed by atoms with van der Waals surface area (Å²) >= 11 is 0. The second-order valence-corrected chi connectivity index (χ2v) is 4.39. The van der Waals surface area contributed by atoms with Crippen molar-refractivity contribution in [2.24, 2.45) is 0 Å². The van der Waals surface area contributed by atoms with Gasteiger partial charge in [0.25, 0.3) is 5.91 Å². The lowest BCUT2D eigenvalue weighted by molar-refractivity contribution is -0.137. The summed E-state index contributed by atoms with van der Waals surface area (Å²) in [5, 5.41) is 8.79. The fraction of sp³-hybridized carbons (Fsp3) is 0.385. The highest BCUT2D eigenvalue weighted by atomic mass is 16.4. The van der Waals surface area contributed by atoms with Gasteiger partial charge in [-0.05, 0) is 25.0 Å². The van der Waals surface area contributed by atoms with Crippen molar-refractivity contribution in [3.8, 4) is 0 Å². The lowest BCUT2D eigenvalue weighted by Crippen LogP contribution is -2.34. The Morgan fingerprint density at radius 3 is 2.83 bits per heavy atom. The van der Waals surface area contributed by atoms with Crippen LogP contribution < -0.4 is 0 Å². The van der Waals surface area contributed by atoms with E-state index < -0.39 is 5.97 Å². The average Bonchev–Trinajstić information content (AvgIpc) is 3.05. The number of carbonyl (C=O) groups is 2. The summed E-state index contributed by atoms with van der Waals surface area (Å²) in [5.74, 6) is -1.08. The second-order valence-electron chi connectivity index (χ2n) is 4.39. The van der Waals surface area contributed by atoms with Gasteiger partial charge >= 0.3 is 5.97 Å². The number of carboxylic acid groups (broad SMARTS) is 1. The van der Waals surface area contributed by atoms with Crippen LogP contribution >= 0.6 is 0 Å². The molecule has 0 spiro atoms. The van der Waals surface area contributed by atoms with Crippen molar-refractivity contribution >= 4 is 11.9 Å². The summed E-state index contributed by atoms with van der Waals surface area (Å²) in [7, 11) is 0. The van der Waals surface area contributed by atoms with Gasteiger partial charge in [0, 0.05) is 18.8 Å². The van der Waals surface area contributed by atoms with Crippen LogP contribution in [0.5, 0.6) is 0 Å². The van der Waals surface area contributed by atoms with Gasteiger partial charge in [-0.15, -0.1) is 6.58 Å². The number of carbonyl (C=O) groups excluding carboxylic acids is 1. The standard InChI is InChI=1S/C13H16N2O3/c1-2-7-15(10-5-6-10)13(18)11-4-3-8-14(11)9-12(16)17/h2-4,8,10H,1,5-7,9H2,(H,16,17). The minimum absolute atomic E-state index is 0.122. The van der Waals surface area contributed by atoms with Crippen LogP contribution in [0.1, 0.15) is 23.3 Å². The number of nitrogens with zero attached hydrogens (tertiary/aromatic N) is 2. The molecule has 1 amide bonds. The first kappa shape index (κ1) is 12.4. The number of amides is 1. The first-order chi connectivity index (χ1) is 8.63. The molecule has 5 heteroatoms. The number of aliphatic carboxylic acids is 1. The van der Waals surface area contributed by atoms with Crippen molar-refractivity contribution in [2.75, 3.05) is 6.54 Å². The van der Waals surface area contributed by atoms with Crippen LogP contribution in [0, 0.1) is 0 Å². The fourth-order valence-electron chi connectivity index (χ4n) is 1.96. The Hall–Kier alpha value is -2.04. The van der Waals surface area contributed by atoms with Crippen LogP contribution in [0.2, 0.25) is 0 Å². The van der Waals surface area contributed by atoms with Gasteiger partial charge in [-0.2, -0.15) is 0 Å². The van der Waals surface area contributed by atoms with Crippen molar-refractivity contribution in [3.05, 3.63) is 36.7 Å². The molecule has 2 rings (SSSR count). The fourth-order valence-corrected chi connectivity index (χ4v) is 1.96. The minimum atomic E-state index is -0.957. The number of aromatic nitrogens is 1. The summed E-state index contributed by atoms with van der Waals surface area (Å²) in [4.78, 5) is 24.8. The van der Waals surface area contributed by atoms with Crippen LogP contribution in [0.25, 0.3) is 0 Å². The molecule has 1 aromatic rings. The number of rotatable bonds is 6. The van der Waals surface area contributed by atoms with Crippen LogP contribution in [0.4, 0.5) is 0 Å². The molecule has 18 heavy (non-hydrogen) atoms. The predicted octanol–water partition coefficient (Wildman–Crippen LogP) is 1.36. The van der Waals surface area contributed by atoms with Gasteiger partial charge in [-0.1, -0.05) is 6.08 Å². The Kier molecular flexibility index (Phi) is 3.50. The highest BCUT2D eigenvalue weighted by Crippen LogP contribution is 2.28. The monoisotopic (exact) mass is 248 g/mol. The molecule has 1 heterocycles. The topological polar surface area (TPSA) is 62.5 Å². The Bertz CT molecular complexity index is 474. The summed E-state index contributed by atoms with van der Waals surface area (Å²) < 4.78 is 1.46. The minimum Gasteiger partial charge on any atom is -0.480 e. The third kappa shape index (κ3) is 2.61. The Morgan fingerprint density at radius 2 is 2.28 bits per heavy atom. The molecule has 0 bridgehead atoms. The van der Waals surface area contributed by atoms with E-state index in [9.17, 15) is 9.59 Å². The third-order valence-corrected chi connectivity index (χ3v) is 2.93. The molecular formula is C13H16N2O3. The maximum absolute atomic E-state index is 12.3. The normalized spacial score (nSPS) is 14.2. The molecule has 0 aliphatic heterocycles. The molecule has 5 nitrogen and oxygen atoms in total. The van der Waals surface area contributed by atoms with Crippen molar-refractivity contribution in [2.45, 2.75) is 25.4 Å². The van der Waals surface area contributed by atoms with Crippen molar-refractivity contribution in [1.82, 2.24) is 9.47 Å². The zero-order valence-electron chi connectivity index (χ0n) is 10.1. The average molecular weight is 248 g/mol. The van der Waals surface area contributed by atoms with Crippen LogP contribution in [-0.4, -0.2) is 39.0 Å². The molecule has 0 saturated heterocycles. The predicted molar refractivity (Wildman–Crippen MR) is 66.3 cm³/mol. The van der Waals surface area contributed by atoms with Crippen molar-refractivity contribution in [3.63, 3.8) is 0 Å². The van der Waals surface area contributed by atoms with E-state index in [1.165, 1.54) is 4.57 Å². The third-order valence-electron chi connectivity index (χ3n) is 2.93. The maximum Gasteiger partial charge on any atom is 0.323 e. The molecule has 0 radical (unpaired) electrons. The van der Waals surface area contributed by atoms with E-state index in [0.717, 1.165) is 12.8 Å². The molecular weight excluding hydrogens is 232 g/mol. The molecule has 96 valence electrons.